The Labute approximate surface area is 193 Å². The van der Waals surface area contributed by atoms with Gasteiger partial charge in [0.25, 0.3) is 5.91 Å². The first kappa shape index (κ1) is 23.2. The number of nitrogens with one attached hydrogen (secondary N) is 1. The summed E-state index contributed by atoms with van der Waals surface area (Å²) in [5.74, 6) is 0.822. The van der Waals surface area contributed by atoms with Crippen molar-refractivity contribution in [2.24, 2.45) is 0 Å². The van der Waals surface area contributed by atoms with Gasteiger partial charge in [0, 0.05) is 31.9 Å². The molecule has 0 bridgehead atoms. The van der Waals surface area contributed by atoms with E-state index in [0.717, 1.165) is 25.9 Å². The summed E-state index contributed by atoms with van der Waals surface area (Å²) >= 11 is 0. The number of rotatable bonds is 7. The Balaban J connectivity index is 1.63. The molecule has 0 unspecified atom stereocenters. The van der Waals surface area contributed by atoms with E-state index in [1.54, 1.807) is 32.9 Å². The average Bonchev–Trinajstić information content (AvgIpc) is 3.16. The third-order valence-electron chi connectivity index (χ3n) is 5.98. The first-order valence-corrected chi connectivity index (χ1v) is 12.7. The molecule has 1 amide bonds. The van der Waals surface area contributed by atoms with Crippen LogP contribution in [-0.2, 0) is 10.0 Å². The number of carbonyl (C=O) groups excluding carboxylic acids is 1. The lowest BCUT2D eigenvalue weighted by atomic mass is 10.1. The highest BCUT2D eigenvalue weighted by atomic mass is 32.2. The molecule has 1 saturated heterocycles. The third-order valence-corrected chi connectivity index (χ3v) is 8.05. The molecule has 0 atom stereocenters. The molecule has 0 aliphatic carbocycles. The molecule has 0 saturated carbocycles. The van der Waals surface area contributed by atoms with E-state index in [2.05, 4.69) is 20.2 Å². The molecule has 1 aromatic carbocycles. The van der Waals surface area contributed by atoms with Crippen molar-refractivity contribution in [3.63, 3.8) is 0 Å². The maximum absolute atomic E-state index is 13.3. The molecule has 1 fully saturated rings. The molecule has 0 spiro atoms. The van der Waals surface area contributed by atoms with Crippen LogP contribution in [0.4, 0.5) is 11.5 Å². The molecule has 1 N–H and O–H groups in total. The van der Waals surface area contributed by atoms with Gasteiger partial charge in [-0.2, -0.15) is 4.31 Å². The van der Waals surface area contributed by atoms with Crippen molar-refractivity contribution in [3.8, 4) is 0 Å². The molecular formula is C23H29N5O4S. The van der Waals surface area contributed by atoms with Crippen LogP contribution in [0.2, 0.25) is 0 Å². The van der Waals surface area contributed by atoms with Crippen molar-refractivity contribution < 1.29 is 17.6 Å². The second-order valence-corrected chi connectivity index (χ2v) is 9.96. The van der Waals surface area contributed by atoms with Gasteiger partial charge in [-0.3, -0.25) is 4.79 Å². The number of piperidine rings is 1. The van der Waals surface area contributed by atoms with Gasteiger partial charge in [0.2, 0.25) is 15.7 Å². The molecular weight excluding hydrogens is 442 g/mol. The van der Waals surface area contributed by atoms with Gasteiger partial charge in [0.1, 0.15) is 17.9 Å². The standard InChI is InChI=1S/C23H29N5O4S/c1-4-28(5-2)33(30,31)18-11-9-17(10-12-18)26-22(29)19-16(3)32-23-20(19)21(24-15-25-23)27-13-7-6-8-14-27/h9-12,15H,4-8,13-14H2,1-3H3,(H,26,29). The molecule has 3 heterocycles. The van der Waals surface area contributed by atoms with E-state index < -0.39 is 10.0 Å². The molecule has 33 heavy (non-hydrogen) atoms. The molecule has 2 aromatic heterocycles. The summed E-state index contributed by atoms with van der Waals surface area (Å²) in [7, 11) is -3.56. The SMILES string of the molecule is CCN(CC)S(=O)(=O)c1ccc(NC(=O)c2c(C)oc3ncnc(N4CCCCC4)c23)cc1. The predicted molar refractivity (Wildman–Crippen MR) is 127 cm³/mol. The molecule has 1 aliphatic heterocycles. The van der Waals surface area contributed by atoms with E-state index in [1.165, 1.54) is 29.2 Å². The highest BCUT2D eigenvalue weighted by Gasteiger charge is 2.26. The summed E-state index contributed by atoms with van der Waals surface area (Å²) in [6, 6.07) is 6.19. The molecule has 1 aliphatic rings. The van der Waals surface area contributed by atoms with E-state index >= 15 is 0 Å². The fourth-order valence-electron chi connectivity index (χ4n) is 4.26. The molecule has 10 heteroatoms. The van der Waals surface area contributed by atoms with Crippen molar-refractivity contribution in [2.75, 3.05) is 36.4 Å². The van der Waals surface area contributed by atoms with Crippen LogP contribution < -0.4 is 10.2 Å². The number of nitrogens with zero attached hydrogens (tertiary/aromatic N) is 4. The van der Waals surface area contributed by atoms with E-state index in [1.807, 2.05) is 0 Å². The van der Waals surface area contributed by atoms with Gasteiger partial charge < -0.3 is 14.6 Å². The van der Waals surface area contributed by atoms with Crippen LogP contribution in [-0.4, -0.2) is 54.8 Å². The highest BCUT2D eigenvalue weighted by Crippen LogP contribution is 2.33. The normalized spacial score (nSPS) is 14.7. The zero-order valence-corrected chi connectivity index (χ0v) is 20.0. The number of anilines is 2. The lowest BCUT2D eigenvalue weighted by Crippen LogP contribution is -2.30. The number of carbonyl (C=O) groups is 1. The Hall–Kier alpha value is -2.98. The third kappa shape index (κ3) is 4.45. The Bertz CT molecular complexity index is 1240. The smallest absolute Gasteiger partial charge is 0.260 e. The fourth-order valence-corrected chi connectivity index (χ4v) is 5.72. The van der Waals surface area contributed by atoms with Crippen molar-refractivity contribution in [3.05, 3.63) is 41.9 Å². The largest absolute Gasteiger partial charge is 0.442 e. The average molecular weight is 472 g/mol. The number of aryl methyl sites for hydroxylation is 1. The van der Waals surface area contributed by atoms with Crippen molar-refractivity contribution in [2.45, 2.75) is 44.9 Å². The second kappa shape index (κ2) is 9.48. The van der Waals surface area contributed by atoms with Crippen LogP contribution in [0.25, 0.3) is 11.1 Å². The molecule has 3 aromatic rings. The number of furan rings is 1. The zero-order chi connectivity index (χ0) is 23.6. The summed E-state index contributed by atoms with van der Waals surface area (Å²) in [5, 5.41) is 3.47. The minimum Gasteiger partial charge on any atom is -0.442 e. The maximum atomic E-state index is 13.3. The molecule has 4 rings (SSSR count). The van der Waals surface area contributed by atoms with Gasteiger partial charge in [-0.05, 0) is 50.5 Å². The Morgan fingerprint density at radius 1 is 1.09 bits per heavy atom. The molecule has 176 valence electrons. The zero-order valence-electron chi connectivity index (χ0n) is 19.2. The fraction of sp³-hybridized carbons (Fsp3) is 0.435. The van der Waals surface area contributed by atoms with E-state index in [9.17, 15) is 13.2 Å². The van der Waals surface area contributed by atoms with Gasteiger partial charge in [-0.1, -0.05) is 13.8 Å². The first-order chi connectivity index (χ1) is 15.9. The minimum absolute atomic E-state index is 0.190. The van der Waals surface area contributed by atoms with Crippen LogP contribution in [0, 0.1) is 6.92 Å². The quantitative estimate of drug-likeness (QED) is 0.558. The van der Waals surface area contributed by atoms with Crippen LogP contribution in [0.5, 0.6) is 0 Å². The molecule has 9 nitrogen and oxygen atoms in total. The van der Waals surface area contributed by atoms with Gasteiger partial charge in [0.05, 0.1) is 15.8 Å². The number of sulfonamides is 1. The van der Waals surface area contributed by atoms with Crippen molar-refractivity contribution >= 4 is 38.5 Å². The lowest BCUT2D eigenvalue weighted by molar-refractivity contribution is 0.102. The van der Waals surface area contributed by atoms with E-state index in [-0.39, 0.29) is 10.8 Å². The van der Waals surface area contributed by atoms with Gasteiger partial charge >= 0.3 is 0 Å². The summed E-state index contributed by atoms with van der Waals surface area (Å²) in [6.07, 6.45) is 4.80. The molecule has 0 radical (unpaired) electrons. The highest BCUT2D eigenvalue weighted by molar-refractivity contribution is 7.89. The monoisotopic (exact) mass is 471 g/mol. The van der Waals surface area contributed by atoms with Crippen LogP contribution in [0.1, 0.15) is 49.2 Å². The lowest BCUT2D eigenvalue weighted by Gasteiger charge is -2.28. The maximum Gasteiger partial charge on any atom is 0.260 e. The van der Waals surface area contributed by atoms with Gasteiger partial charge in [-0.25, -0.2) is 18.4 Å². The number of amides is 1. The van der Waals surface area contributed by atoms with E-state index in [4.69, 9.17) is 4.42 Å². The van der Waals surface area contributed by atoms with E-state index in [0.29, 0.717) is 47.0 Å². The summed E-state index contributed by atoms with van der Waals surface area (Å²) in [4.78, 5) is 24.3. The number of fused-ring (bicyclic) bond motifs is 1. The number of hydrogen-bond donors (Lipinski definition) is 1. The van der Waals surface area contributed by atoms with Gasteiger partial charge in [-0.15, -0.1) is 0 Å². The van der Waals surface area contributed by atoms with Crippen molar-refractivity contribution in [1.29, 1.82) is 0 Å². The number of hydrogen-bond acceptors (Lipinski definition) is 7. The Morgan fingerprint density at radius 2 is 1.76 bits per heavy atom. The van der Waals surface area contributed by atoms with Crippen molar-refractivity contribution in [1.82, 2.24) is 14.3 Å². The summed E-state index contributed by atoms with van der Waals surface area (Å²) < 4.78 is 32.6. The Kier molecular flexibility index (Phi) is 6.66. The predicted octanol–water partition coefficient (Wildman–Crippen LogP) is 3.80. The first-order valence-electron chi connectivity index (χ1n) is 11.3. The van der Waals surface area contributed by atoms with Crippen LogP contribution >= 0.6 is 0 Å². The topological polar surface area (TPSA) is 109 Å². The Morgan fingerprint density at radius 3 is 2.39 bits per heavy atom. The summed E-state index contributed by atoms with van der Waals surface area (Å²) in [6.45, 7) is 7.87. The minimum atomic E-state index is -3.56. The van der Waals surface area contributed by atoms with Crippen LogP contribution in [0.3, 0.4) is 0 Å². The summed E-state index contributed by atoms with van der Waals surface area (Å²) in [5.41, 5.74) is 1.27. The second-order valence-electron chi connectivity index (χ2n) is 8.03. The van der Waals surface area contributed by atoms with Gasteiger partial charge in [0.15, 0.2) is 0 Å². The number of aromatic nitrogens is 2. The van der Waals surface area contributed by atoms with Crippen LogP contribution in [0.15, 0.2) is 39.9 Å². The number of benzene rings is 1.